The maximum Gasteiger partial charge on any atom is 0.0230 e. The first kappa shape index (κ1) is 17.0. The molecule has 1 aliphatic rings. The van der Waals surface area contributed by atoms with Gasteiger partial charge in [0.1, 0.15) is 0 Å². The van der Waals surface area contributed by atoms with Gasteiger partial charge in [-0.2, -0.15) is 0 Å². The maximum absolute atomic E-state index is 4.26. The Labute approximate surface area is 136 Å². The fraction of sp³-hybridized carbons (Fsp3) is 0.524. The smallest absolute Gasteiger partial charge is 0.0230 e. The standard InChI is InChI=1S/C21H31N/c1-5-7-19-8-10-20(11-9-19)15-22(4)16-21-13-17(3)12-18(6-2)14-21/h5,7-11,18,21H,3,6,12-16H2,1-2,4H3/b7-5+. The summed E-state index contributed by atoms with van der Waals surface area (Å²) in [5.74, 6) is 1.65. The van der Waals surface area contributed by atoms with Gasteiger partial charge >= 0.3 is 0 Å². The zero-order valence-electron chi connectivity index (χ0n) is 14.5. The van der Waals surface area contributed by atoms with E-state index in [9.17, 15) is 0 Å². The lowest BCUT2D eigenvalue weighted by Gasteiger charge is -2.32. The number of rotatable bonds is 6. The molecule has 1 aromatic rings. The summed E-state index contributed by atoms with van der Waals surface area (Å²) in [5, 5.41) is 0. The molecule has 1 heteroatoms. The van der Waals surface area contributed by atoms with Gasteiger partial charge in [0, 0.05) is 13.1 Å². The van der Waals surface area contributed by atoms with E-state index in [4.69, 9.17) is 0 Å². The highest BCUT2D eigenvalue weighted by molar-refractivity contribution is 5.49. The van der Waals surface area contributed by atoms with E-state index in [1.165, 1.54) is 48.9 Å². The van der Waals surface area contributed by atoms with Crippen molar-refractivity contribution in [3.8, 4) is 0 Å². The normalized spacial score (nSPS) is 22.6. The van der Waals surface area contributed by atoms with Crippen molar-refractivity contribution < 1.29 is 0 Å². The molecule has 1 fully saturated rings. The predicted octanol–water partition coefficient (Wildman–Crippen LogP) is 5.53. The molecule has 1 saturated carbocycles. The molecule has 1 aliphatic carbocycles. The van der Waals surface area contributed by atoms with E-state index >= 15 is 0 Å². The van der Waals surface area contributed by atoms with Crippen LogP contribution in [0.1, 0.15) is 50.7 Å². The number of benzene rings is 1. The van der Waals surface area contributed by atoms with Gasteiger partial charge in [-0.05, 0) is 56.2 Å². The van der Waals surface area contributed by atoms with Crippen LogP contribution in [0, 0.1) is 11.8 Å². The van der Waals surface area contributed by atoms with Gasteiger partial charge < -0.3 is 4.90 Å². The lowest BCUT2D eigenvalue weighted by atomic mass is 9.77. The third-order valence-electron chi connectivity index (χ3n) is 4.76. The van der Waals surface area contributed by atoms with Crippen molar-refractivity contribution in [3.63, 3.8) is 0 Å². The van der Waals surface area contributed by atoms with Crippen LogP contribution >= 0.6 is 0 Å². The molecule has 0 bridgehead atoms. The molecule has 2 atom stereocenters. The molecule has 0 spiro atoms. The van der Waals surface area contributed by atoms with Crippen LogP contribution in [0.5, 0.6) is 0 Å². The summed E-state index contributed by atoms with van der Waals surface area (Å²) < 4.78 is 0. The van der Waals surface area contributed by atoms with E-state index in [0.717, 1.165) is 18.4 Å². The Morgan fingerprint density at radius 1 is 1.18 bits per heavy atom. The molecule has 0 heterocycles. The average molecular weight is 297 g/mol. The minimum Gasteiger partial charge on any atom is -0.302 e. The van der Waals surface area contributed by atoms with Crippen molar-refractivity contribution in [2.45, 2.75) is 46.1 Å². The first-order chi connectivity index (χ1) is 10.6. The molecular weight excluding hydrogens is 266 g/mol. The monoisotopic (exact) mass is 297 g/mol. The van der Waals surface area contributed by atoms with Gasteiger partial charge in [0.2, 0.25) is 0 Å². The highest BCUT2D eigenvalue weighted by Gasteiger charge is 2.23. The summed E-state index contributed by atoms with van der Waals surface area (Å²) in [6.07, 6.45) is 9.38. The van der Waals surface area contributed by atoms with E-state index in [1.807, 2.05) is 0 Å². The van der Waals surface area contributed by atoms with Gasteiger partial charge in [0.25, 0.3) is 0 Å². The first-order valence-corrected chi connectivity index (χ1v) is 8.67. The molecule has 0 saturated heterocycles. The summed E-state index contributed by atoms with van der Waals surface area (Å²) in [5.41, 5.74) is 4.15. The predicted molar refractivity (Wildman–Crippen MR) is 97.7 cm³/mol. The Morgan fingerprint density at radius 2 is 1.86 bits per heavy atom. The molecule has 0 amide bonds. The molecule has 0 radical (unpaired) electrons. The van der Waals surface area contributed by atoms with Crippen LogP contribution in [-0.2, 0) is 6.54 Å². The molecule has 2 rings (SSSR count). The van der Waals surface area contributed by atoms with Gasteiger partial charge in [-0.1, -0.05) is 61.9 Å². The summed E-state index contributed by atoms with van der Waals surface area (Å²) in [7, 11) is 2.25. The van der Waals surface area contributed by atoms with Crippen molar-refractivity contribution in [2.24, 2.45) is 11.8 Å². The fourth-order valence-electron chi connectivity index (χ4n) is 3.73. The van der Waals surface area contributed by atoms with Gasteiger partial charge in [0.05, 0.1) is 0 Å². The summed E-state index contributed by atoms with van der Waals surface area (Å²) in [6, 6.07) is 8.92. The van der Waals surface area contributed by atoms with E-state index in [-0.39, 0.29) is 0 Å². The minimum absolute atomic E-state index is 0.790. The van der Waals surface area contributed by atoms with Gasteiger partial charge in [-0.3, -0.25) is 0 Å². The molecule has 2 unspecified atom stereocenters. The van der Waals surface area contributed by atoms with Crippen LogP contribution in [0.4, 0.5) is 0 Å². The van der Waals surface area contributed by atoms with Crippen molar-refractivity contribution in [3.05, 3.63) is 53.6 Å². The molecule has 22 heavy (non-hydrogen) atoms. The number of nitrogens with zero attached hydrogens (tertiary/aromatic N) is 1. The summed E-state index contributed by atoms with van der Waals surface area (Å²) in [6.45, 7) is 10.9. The Hall–Kier alpha value is -1.34. The highest BCUT2D eigenvalue weighted by atomic mass is 15.1. The molecule has 0 aliphatic heterocycles. The van der Waals surface area contributed by atoms with E-state index < -0.39 is 0 Å². The molecule has 120 valence electrons. The number of hydrogen-bond donors (Lipinski definition) is 0. The molecule has 0 aromatic heterocycles. The zero-order chi connectivity index (χ0) is 15.9. The van der Waals surface area contributed by atoms with Crippen molar-refractivity contribution in [2.75, 3.05) is 13.6 Å². The van der Waals surface area contributed by atoms with Crippen molar-refractivity contribution >= 4 is 6.08 Å². The van der Waals surface area contributed by atoms with Gasteiger partial charge in [0.15, 0.2) is 0 Å². The second-order valence-electron chi connectivity index (χ2n) is 6.97. The van der Waals surface area contributed by atoms with E-state index in [0.29, 0.717) is 0 Å². The number of allylic oxidation sites excluding steroid dienone is 2. The van der Waals surface area contributed by atoms with Crippen LogP contribution in [0.2, 0.25) is 0 Å². The number of hydrogen-bond acceptors (Lipinski definition) is 1. The lowest BCUT2D eigenvalue weighted by Crippen LogP contribution is -2.29. The largest absolute Gasteiger partial charge is 0.302 e. The quantitative estimate of drug-likeness (QED) is 0.624. The zero-order valence-corrected chi connectivity index (χ0v) is 14.5. The van der Waals surface area contributed by atoms with Gasteiger partial charge in [-0.15, -0.1) is 0 Å². The molecule has 1 aromatic carbocycles. The third-order valence-corrected chi connectivity index (χ3v) is 4.76. The maximum atomic E-state index is 4.26. The second-order valence-corrected chi connectivity index (χ2v) is 6.97. The molecule has 0 N–H and O–H groups in total. The summed E-state index contributed by atoms with van der Waals surface area (Å²) in [4.78, 5) is 2.47. The topological polar surface area (TPSA) is 3.24 Å². The van der Waals surface area contributed by atoms with Crippen LogP contribution in [0.3, 0.4) is 0 Å². The Morgan fingerprint density at radius 3 is 2.50 bits per heavy atom. The second kappa shape index (κ2) is 8.33. The Kier molecular flexibility index (Phi) is 6.45. The van der Waals surface area contributed by atoms with Crippen LogP contribution in [0.15, 0.2) is 42.5 Å². The van der Waals surface area contributed by atoms with Crippen molar-refractivity contribution in [1.29, 1.82) is 0 Å². The highest BCUT2D eigenvalue weighted by Crippen LogP contribution is 2.34. The van der Waals surface area contributed by atoms with Gasteiger partial charge in [-0.25, -0.2) is 0 Å². The van der Waals surface area contributed by atoms with Crippen LogP contribution in [-0.4, -0.2) is 18.5 Å². The fourth-order valence-corrected chi connectivity index (χ4v) is 3.73. The third kappa shape index (κ3) is 5.14. The SMILES string of the molecule is C=C1CC(CC)CC(CN(C)Cc2ccc(/C=C/C)cc2)C1. The van der Waals surface area contributed by atoms with Crippen LogP contribution in [0.25, 0.3) is 6.08 Å². The van der Waals surface area contributed by atoms with E-state index in [1.54, 1.807) is 0 Å². The average Bonchev–Trinajstić information content (AvgIpc) is 2.48. The summed E-state index contributed by atoms with van der Waals surface area (Å²) >= 11 is 0. The van der Waals surface area contributed by atoms with Crippen LogP contribution < -0.4 is 0 Å². The lowest BCUT2D eigenvalue weighted by molar-refractivity contribution is 0.216. The molecular formula is C21H31N. The molecule has 1 nitrogen and oxygen atoms in total. The Bertz CT molecular complexity index is 497. The van der Waals surface area contributed by atoms with Crippen molar-refractivity contribution in [1.82, 2.24) is 4.90 Å². The minimum atomic E-state index is 0.790. The van der Waals surface area contributed by atoms with E-state index in [2.05, 4.69) is 68.8 Å². The first-order valence-electron chi connectivity index (χ1n) is 8.67. The Balaban J connectivity index is 1.86.